The van der Waals surface area contributed by atoms with E-state index in [1.54, 1.807) is 0 Å². The van der Waals surface area contributed by atoms with Gasteiger partial charge in [-0.1, -0.05) is 0 Å². The van der Waals surface area contributed by atoms with Crippen LogP contribution < -0.4 is 10.5 Å². The highest BCUT2D eigenvalue weighted by Crippen LogP contribution is 2.30. The van der Waals surface area contributed by atoms with Gasteiger partial charge in [-0.3, -0.25) is 4.79 Å². The third kappa shape index (κ3) is 2.47. The van der Waals surface area contributed by atoms with E-state index >= 15 is 0 Å². The summed E-state index contributed by atoms with van der Waals surface area (Å²) in [6, 6.07) is 3.60. The summed E-state index contributed by atoms with van der Waals surface area (Å²) in [6.07, 6.45) is -3.61. The van der Waals surface area contributed by atoms with Gasteiger partial charge in [0.2, 0.25) is 5.91 Å². The molecular formula is C10H6F3N3O2. The molecule has 0 unspecified atom stereocenters. The fourth-order valence-corrected chi connectivity index (χ4v) is 1.41. The van der Waals surface area contributed by atoms with Gasteiger partial charge in [-0.05, 0) is 18.2 Å². The van der Waals surface area contributed by atoms with Crippen LogP contribution in [0.4, 0.5) is 13.2 Å². The number of hydrogen-bond donors (Lipinski definition) is 1. The first kappa shape index (κ1) is 12.1. The lowest BCUT2D eigenvalue weighted by molar-refractivity contribution is -0.274. The number of amides is 1. The third-order valence-electron chi connectivity index (χ3n) is 2.09. The van der Waals surface area contributed by atoms with Gasteiger partial charge in [0.05, 0.1) is 6.20 Å². The van der Waals surface area contributed by atoms with E-state index in [-0.39, 0.29) is 16.5 Å². The average molecular weight is 257 g/mol. The lowest BCUT2D eigenvalue weighted by Crippen LogP contribution is -2.18. The first-order valence-corrected chi connectivity index (χ1v) is 4.68. The normalized spacial score (nSPS) is 11.5. The number of hydrogen-bond acceptors (Lipinski definition) is 4. The molecule has 8 heteroatoms. The second-order valence-corrected chi connectivity index (χ2v) is 3.36. The molecule has 1 heterocycles. The fourth-order valence-electron chi connectivity index (χ4n) is 1.41. The Hall–Kier alpha value is -2.38. The van der Waals surface area contributed by atoms with Crippen LogP contribution in [0.2, 0.25) is 0 Å². The highest BCUT2D eigenvalue weighted by molar-refractivity contribution is 5.98. The molecule has 0 saturated heterocycles. The molecule has 0 fully saturated rings. The standard InChI is InChI=1S/C10H6F3N3O2/c11-10(12,13)18-7-4-6(9(14)17)3-5-1-2-15-16-8(5)7/h1-4H,(H2,14,17). The zero-order chi connectivity index (χ0) is 13.3. The van der Waals surface area contributed by atoms with Crippen LogP contribution in [0, 0.1) is 0 Å². The van der Waals surface area contributed by atoms with Gasteiger partial charge in [0, 0.05) is 10.9 Å². The zero-order valence-corrected chi connectivity index (χ0v) is 8.73. The van der Waals surface area contributed by atoms with E-state index in [9.17, 15) is 18.0 Å². The summed E-state index contributed by atoms with van der Waals surface area (Å²) in [6.45, 7) is 0. The number of ether oxygens (including phenoxy) is 1. The molecule has 0 aliphatic carbocycles. The number of aromatic nitrogens is 2. The fraction of sp³-hybridized carbons (Fsp3) is 0.100. The molecule has 0 saturated carbocycles. The molecule has 94 valence electrons. The smallest absolute Gasteiger partial charge is 0.403 e. The van der Waals surface area contributed by atoms with E-state index in [1.165, 1.54) is 18.3 Å². The number of carbonyl (C=O) groups is 1. The molecule has 0 radical (unpaired) electrons. The Bertz CT molecular complexity index is 613. The lowest BCUT2D eigenvalue weighted by atomic mass is 10.1. The van der Waals surface area contributed by atoms with Crippen molar-refractivity contribution in [2.75, 3.05) is 0 Å². The van der Waals surface area contributed by atoms with Crippen LogP contribution in [0.1, 0.15) is 10.4 Å². The average Bonchev–Trinajstić information content (AvgIpc) is 2.26. The highest BCUT2D eigenvalue weighted by Gasteiger charge is 2.32. The number of benzene rings is 1. The molecule has 18 heavy (non-hydrogen) atoms. The Labute approximate surface area is 98.4 Å². The maximum atomic E-state index is 12.2. The van der Waals surface area contributed by atoms with Gasteiger partial charge in [-0.15, -0.1) is 18.3 Å². The Morgan fingerprint density at radius 3 is 2.67 bits per heavy atom. The predicted molar refractivity (Wildman–Crippen MR) is 54.7 cm³/mol. The maximum Gasteiger partial charge on any atom is 0.573 e. The van der Waals surface area contributed by atoms with Crippen LogP contribution in [0.15, 0.2) is 24.4 Å². The number of nitrogens with two attached hydrogens (primary N) is 1. The number of carbonyl (C=O) groups excluding carboxylic acids is 1. The van der Waals surface area contributed by atoms with E-state index in [0.717, 1.165) is 6.07 Å². The van der Waals surface area contributed by atoms with Gasteiger partial charge < -0.3 is 10.5 Å². The summed E-state index contributed by atoms with van der Waals surface area (Å²) in [5.41, 5.74) is 4.83. The molecule has 2 aromatic rings. The Kier molecular flexibility index (Phi) is 2.77. The summed E-state index contributed by atoms with van der Waals surface area (Å²) in [4.78, 5) is 11.0. The quantitative estimate of drug-likeness (QED) is 0.886. The molecule has 1 aromatic carbocycles. The van der Waals surface area contributed by atoms with Gasteiger partial charge >= 0.3 is 6.36 Å². The predicted octanol–water partition coefficient (Wildman–Crippen LogP) is 1.63. The summed E-state index contributed by atoms with van der Waals surface area (Å²) in [5, 5.41) is 7.28. The topological polar surface area (TPSA) is 78.1 Å². The van der Waals surface area contributed by atoms with E-state index in [2.05, 4.69) is 14.9 Å². The van der Waals surface area contributed by atoms with Crippen molar-refractivity contribution in [3.8, 4) is 5.75 Å². The molecule has 0 aliphatic heterocycles. The SMILES string of the molecule is NC(=O)c1cc(OC(F)(F)F)c2nnccc2c1. The first-order chi connectivity index (χ1) is 8.37. The van der Waals surface area contributed by atoms with Crippen molar-refractivity contribution in [1.29, 1.82) is 0 Å². The van der Waals surface area contributed by atoms with Gasteiger partial charge in [-0.2, -0.15) is 5.10 Å². The van der Waals surface area contributed by atoms with Crippen molar-refractivity contribution in [2.45, 2.75) is 6.36 Å². The zero-order valence-electron chi connectivity index (χ0n) is 8.73. The number of fused-ring (bicyclic) bond motifs is 1. The van der Waals surface area contributed by atoms with Crippen molar-refractivity contribution in [3.05, 3.63) is 30.0 Å². The number of nitrogens with zero attached hydrogens (tertiary/aromatic N) is 2. The first-order valence-electron chi connectivity index (χ1n) is 4.68. The second kappa shape index (κ2) is 4.13. The van der Waals surface area contributed by atoms with Crippen LogP contribution in [0.5, 0.6) is 5.75 Å². The van der Waals surface area contributed by atoms with Crippen LogP contribution >= 0.6 is 0 Å². The number of alkyl halides is 3. The van der Waals surface area contributed by atoms with Crippen molar-refractivity contribution in [2.24, 2.45) is 5.73 Å². The molecule has 5 nitrogen and oxygen atoms in total. The van der Waals surface area contributed by atoms with Gasteiger partial charge in [-0.25, -0.2) is 0 Å². The largest absolute Gasteiger partial charge is 0.573 e. The van der Waals surface area contributed by atoms with E-state index in [4.69, 9.17) is 5.73 Å². The van der Waals surface area contributed by atoms with E-state index in [1.807, 2.05) is 0 Å². The summed E-state index contributed by atoms with van der Waals surface area (Å²) >= 11 is 0. The number of primary amides is 1. The van der Waals surface area contributed by atoms with E-state index < -0.39 is 18.0 Å². The van der Waals surface area contributed by atoms with Crippen LogP contribution in [-0.2, 0) is 0 Å². The minimum atomic E-state index is -4.89. The molecule has 0 aliphatic rings. The molecule has 2 N–H and O–H groups in total. The molecular weight excluding hydrogens is 251 g/mol. The Balaban J connectivity index is 2.64. The maximum absolute atomic E-state index is 12.2. The molecule has 0 atom stereocenters. The summed E-state index contributed by atoms with van der Waals surface area (Å²) < 4.78 is 40.4. The van der Waals surface area contributed by atoms with Crippen LogP contribution in [-0.4, -0.2) is 22.5 Å². The van der Waals surface area contributed by atoms with Gasteiger partial charge in [0.1, 0.15) is 5.52 Å². The second-order valence-electron chi connectivity index (χ2n) is 3.36. The third-order valence-corrected chi connectivity index (χ3v) is 2.09. The van der Waals surface area contributed by atoms with Crippen LogP contribution in [0.25, 0.3) is 10.9 Å². The van der Waals surface area contributed by atoms with Crippen LogP contribution in [0.3, 0.4) is 0 Å². The van der Waals surface area contributed by atoms with E-state index in [0.29, 0.717) is 0 Å². The summed E-state index contributed by atoms with van der Waals surface area (Å²) in [5.74, 6) is -1.47. The van der Waals surface area contributed by atoms with Gasteiger partial charge in [0.15, 0.2) is 5.75 Å². The van der Waals surface area contributed by atoms with Crippen molar-refractivity contribution in [1.82, 2.24) is 10.2 Å². The molecule has 1 aromatic heterocycles. The monoisotopic (exact) mass is 257 g/mol. The highest BCUT2D eigenvalue weighted by atomic mass is 19.4. The molecule has 0 bridgehead atoms. The number of halogens is 3. The Morgan fingerprint density at radius 2 is 2.06 bits per heavy atom. The van der Waals surface area contributed by atoms with Gasteiger partial charge in [0.25, 0.3) is 0 Å². The number of rotatable bonds is 2. The minimum absolute atomic E-state index is 0.0974. The van der Waals surface area contributed by atoms with Crippen molar-refractivity contribution < 1.29 is 22.7 Å². The lowest BCUT2D eigenvalue weighted by Gasteiger charge is -2.11. The summed E-state index contributed by atoms with van der Waals surface area (Å²) in [7, 11) is 0. The molecule has 0 spiro atoms. The van der Waals surface area contributed by atoms with Crippen molar-refractivity contribution in [3.63, 3.8) is 0 Å². The minimum Gasteiger partial charge on any atom is -0.403 e. The molecule has 1 amide bonds. The Morgan fingerprint density at radius 1 is 1.33 bits per heavy atom. The van der Waals surface area contributed by atoms with Crippen molar-refractivity contribution >= 4 is 16.8 Å². The molecule has 2 rings (SSSR count).